The first-order valence-electron chi connectivity index (χ1n) is 4.13. The van der Waals surface area contributed by atoms with Crippen molar-refractivity contribution in [3.8, 4) is 5.75 Å². The lowest BCUT2D eigenvalue weighted by atomic mass is 10.1. The van der Waals surface area contributed by atoms with Gasteiger partial charge in [-0.05, 0) is 6.07 Å². The Hall–Kier alpha value is -1.55. The summed E-state index contributed by atoms with van der Waals surface area (Å²) in [5, 5.41) is 8.81. The van der Waals surface area contributed by atoms with Gasteiger partial charge in [0.15, 0.2) is 0 Å². The van der Waals surface area contributed by atoms with Gasteiger partial charge in [0.1, 0.15) is 5.75 Å². The second-order valence-corrected chi connectivity index (χ2v) is 3.24. The van der Waals surface area contributed by atoms with Crippen molar-refractivity contribution in [3.05, 3.63) is 28.8 Å². The van der Waals surface area contributed by atoms with Crippen molar-refractivity contribution in [2.75, 3.05) is 7.11 Å². The van der Waals surface area contributed by atoms with E-state index < -0.39 is 11.8 Å². The molecule has 1 aromatic carbocycles. The number of aliphatic carboxylic acids is 1. The standard InChI is InChI=1S/C10H9ClO4/c1-15-9-6(3-2-4-7(9)11)5-8(12)10(13)14/h2-4H,5H2,1H3,(H,13,14). The summed E-state index contributed by atoms with van der Waals surface area (Å²) in [7, 11) is 1.41. The number of carbonyl (C=O) groups is 2. The molecule has 0 bridgehead atoms. The van der Waals surface area contributed by atoms with Gasteiger partial charge in [-0.25, -0.2) is 4.79 Å². The highest BCUT2D eigenvalue weighted by Crippen LogP contribution is 2.28. The third-order valence-corrected chi connectivity index (χ3v) is 2.14. The number of benzene rings is 1. The number of methoxy groups -OCH3 is 1. The quantitative estimate of drug-likeness (QED) is 0.794. The molecule has 1 N–H and O–H groups in total. The van der Waals surface area contributed by atoms with E-state index in [2.05, 4.69) is 0 Å². The highest BCUT2D eigenvalue weighted by atomic mass is 35.5. The van der Waals surface area contributed by atoms with E-state index in [-0.39, 0.29) is 6.42 Å². The molecule has 0 amide bonds. The zero-order chi connectivity index (χ0) is 11.4. The van der Waals surface area contributed by atoms with Crippen LogP contribution in [0, 0.1) is 0 Å². The molecule has 0 saturated heterocycles. The number of para-hydroxylation sites is 1. The van der Waals surface area contributed by atoms with Crippen LogP contribution in [0.3, 0.4) is 0 Å². The van der Waals surface area contributed by atoms with Crippen molar-refractivity contribution in [2.24, 2.45) is 0 Å². The van der Waals surface area contributed by atoms with Crippen molar-refractivity contribution in [3.63, 3.8) is 0 Å². The molecule has 0 atom stereocenters. The minimum atomic E-state index is -1.46. The van der Waals surface area contributed by atoms with Gasteiger partial charge >= 0.3 is 5.97 Å². The molecule has 0 spiro atoms. The molecule has 0 aliphatic rings. The Morgan fingerprint density at radius 3 is 2.67 bits per heavy atom. The van der Waals surface area contributed by atoms with Crippen LogP contribution in [0.4, 0.5) is 0 Å². The summed E-state index contributed by atoms with van der Waals surface area (Å²) in [6.45, 7) is 0. The molecule has 1 aromatic rings. The first-order valence-corrected chi connectivity index (χ1v) is 4.51. The topological polar surface area (TPSA) is 63.6 Å². The largest absolute Gasteiger partial charge is 0.495 e. The van der Waals surface area contributed by atoms with Gasteiger partial charge < -0.3 is 9.84 Å². The molecular weight excluding hydrogens is 220 g/mol. The van der Waals surface area contributed by atoms with E-state index in [0.717, 1.165) is 0 Å². The van der Waals surface area contributed by atoms with Gasteiger partial charge in [0.2, 0.25) is 5.78 Å². The lowest BCUT2D eigenvalue weighted by Gasteiger charge is -2.08. The molecule has 1 rings (SSSR count). The maximum atomic E-state index is 11.0. The molecule has 0 aromatic heterocycles. The molecule has 0 fully saturated rings. The van der Waals surface area contributed by atoms with Gasteiger partial charge in [-0.3, -0.25) is 4.79 Å². The Labute approximate surface area is 91.4 Å². The van der Waals surface area contributed by atoms with Crippen LogP contribution < -0.4 is 4.74 Å². The molecule has 0 unspecified atom stereocenters. The number of ether oxygens (including phenoxy) is 1. The number of ketones is 1. The van der Waals surface area contributed by atoms with Crippen molar-refractivity contribution >= 4 is 23.4 Å². The average Bonchev–Trinajstić information content (AvgIpc) is 2.18. The van der Waals surface area contributed by atoms with E-state index in [4.69, 9.17) is 21.4 Å². The zero-order valence-corrected chi connectivity index (χ0v) is 8.75. The summed E-state index contributed by atoms with van der Waals surface area (Å²) in [4.78, 5) is 21.4. The highest BCUT2D eigenvalue weighted by molar-refractivity contribution is 6.34. The van der Waals surface area contributed by atoms with Crippen LogP contribution in [0.1, 0.15) is 5.56 Å². The summed E-state index contributed by atoms with van der Waals surface area (Å²) in [5.41, 5.74) is 0.470. The minimum Gasteiger partial charge on any atom is -0.495 e. The Bertz CT molecular complexity index is 400. The van der Waals surface area contributed by atoms with E-state index in [1.807, 2.05) is 0 Å². The number of Topliss-reactive ketones (excluding diaryl/α,β-unsaturated/α-hetero) is 1. The van der Waals surface area contributed by atoms with Crippen molar-refractivity contribution < 1.29 is 19.4 Å². The molecule has 4 nitrogen and oxygen atoms in total. The number of hydrogen-bond donors (Lipinski definition) is 1. The average molecular weight is 229 g/mol. The van der Waals surface area contributed by atoms with Gasteiger partial charge in [-0.2, -0.15) is 0 Å². The van der Waals surface area contributed by atoms with Crippen LogP contribution in [-0.4, -0.2) is 24.0 Å². The fraction of sp³-hybridized carbons (Fsp3) is 0.200. The molecule has 5 heteroatoms. The van der Waals surface area contributed by atoms with Gasteiger partial charge in [-0.1, -0.05) is 23.7 Å². The number of carbonyl (C=O) groups excluding carboxylic acids is 1. The fourth-order valence-electron chi connectivity index (χ4n) is 1.17. The van der Waals surface area contributed by atoms with Crippen LogP contribution >= 0.6 is 11.6 Å². The van der Waals surface area contributed by atoms with Crippen LogP contribution in [0.25, 0.3) is 0 Å². The van der Waals surface area contributed by atoms with Crippen LogP contribution in [0.5, 0.6) is 5.75 Å². The van der Waals surface area contributed by atoms with Crippen molar-refractivity contribution in [1.82, 2.24) is 0 Å². The second kappa shape index (κ2) is 4.79. The van der Waals surface area contributed by atoms with Crippen LogP contribution in [-0.2, 0) is 16.0 Å². The number of carboxylic acid groups (broad SMARTS) is 1. The third-order valence-electron chi connectivity index (χ3n) is 1.84. The number of rotatable bonds is 4. The zero-order valence-electron chi connectivity index (χ0n) is 7.99. The number of hydrogen-bond acceptors (Lipinski definition) is 3. The Morgan fingerprint density at radius 1 is 1.47 bits per heavy atom. The van der Waals surface area contributed by atoms with Gasteiger partial charge in [-0.15, -0.1) is 0 Å². The summed E-state index contributed by atoms with van der Waals surface area (Å²) in [6.07, 6.45) is -0.223. The molecule has 0 radical (unpaired) electrons. The summed E-state index contributed by atoms with van der Waals surface area (Å²) in [5.74, 6) is -2.01. The Balaban J connectivity index is 2.99. The van der Waals surface area contributed by atoms with E-state index in [1.165, 1.54) is 7.11 Å². The van der Waals surface area contributed by atoms with Gasteiger partial charge in [0.05, 0.1) is 12.1 Å². The van der Waals surface area contributed by atoms with Crippen LogP contribution in [0.15, 0.2) is 18.2 Å². The first-order chi connectivity index (χ1) is 7.06. The Kier molecular flexibility index (Phi) is 3.68. The fourth-order valence-corrected chi connectivity index (χ4v) is 1.44. The predicted octanol–water partition coefficient (Wildman–Crippen LogP) is 1.54. The van der Waals surface area contributed by atoms with E-state index in [1.54, 1.807) is 18.2 Å². The van der Waals surface area contributed by atoms with Gasteiger partial charge in [0, 0.05) is 12.0 Å². The van der Waals surface area contributed by atoms with Crippen LogP contribution in [0.2, 0.25) is 5.02 Å². The minimum absolute atomic E-state index is 0.223. The number of carboxylic acids is 1. The molecular formula is C10H9ClO4. The predicted molar refractivity (Wildman–Crippen MR) is 54.4 cm³/mol. The summed E-state index contributed by atoms with van der Waals surface area (Å²) >= 11 is 5.81. The molecule has 0 aliphatic heterocycles. The smallest absolute Gasteiger partial charge is 0.372 e. The van der Waals surface area contributed by atoms with Gasteiger partial charge in [0.25, 0.3) is 0 Å². The molecule has 80 valence electrons. The Morgan fingerprint density at radius 2 is 2.13 bits per heavy atom. The first kappa shape index (κ1) is 11.5. The van der Waals surface area contributed by atoms with E-state index in [9.17, 15) is 9.59 Å². The van der Waals surface area contributed by atoms with Crippen molar-refractivity contribution in [2.45, 2.75) is 6.42 Å². The molecule has 0 saturated carbocycles. The number of halogens is 1. The highest BCUT2D eigenvalue weighted by Gasteiger charge is 2.16. The summed E-state index contributed by atoms with van der Waals surface area (Å²) in [6, 6.07) is 4.84. The monoisotopic (exact) mass is 228 g/mol. The summed E-state index contributed by atoms with van der Waals surface area (Å²) < 4.78 is 4.98. The maximum absolute atomic E-state index is 11.0. The lowest BCUT2D eigenvalue weighted by Crippen LogP contribution is -2.15. The normalized spacial score (nSPS) is 9.73. The second-order valence-electron chi connectivity index (χ2n) is 2.84. The molecule has 0 aliphatic carbocycles. The molecule has 15 heavy (non-hydrogen) atoms. The maximum Gasteiger partial charge on any atom is 0.372 e. The van der Waals surface area contributed by atoms with E-state index >= 15 is 0 Å². The lowest BCUT2D eigenvalue weighted by molar-refractivity contribution is -0.148. The molecule has 0 heterocycles. The third kappa shape index (κ3) is 2.70. The SMILES string of the molecule is COc1c(Cl)cccc1CC(=O)C(=O)O. The van der Waals surface area contributed by atoms with Crippen molar-refractivity contribution in [1.29, 1.82) is 0 Å². The van der Waals surface area contributed by atoms with E-state index in [0.29, 0.717) is 16.3 Å².